The van der Waals surface area contributed by atoms with Gasteiger partial charge in [0.1, 0.15) is 0 Å². The Labute approximate surface area is 189 Å². The van der Waals surface area contributed by atoms with Gasteiger partial charge in [0.05, 0.1) is 17.7 Å². The molecule has 1 N–H and O–H groups in total. The maximum Gasteiger partial charge on any atom is 0.261 e. The van der Waals surface area contributed by atoms with E-state index in [1.165, 1.54) is 17.7 Å². The molecule has 29 heavy (non-hydrogen) atoms. The van der Waals surface area contributed by atoms with Crippen molar-refractivity contribution in [3.63, 3.8) is 0 Å². The highest BCUT2D eigenvalue weighted by molar-refractivity contribution is 14.0. The Bertz CT molecular complexity index is 701. The second kappa shape index (κ2) is 11.5. The molecule has 1 aliphatic carbocycles. The van der Waals surface area contributed by atoms with Crippen LogP contribution in [0.25, 0.3) is 0 Å². The Kier molecular flexibility index (Phi) is 9.35. The number of benzene rings is 1. The largest absolute Gasteiger partial charge is 0.379 e. The number of carbonyl (C=O) groups is 2. The predicted octanol–water partition coefficient (Wildman–Crippen LogP) is 2.61. The Balaban J connectivity index is 0.00000300. The molecule has 0 saturated heterocycles. The van der Waals surface area contributed by atoms with E-state index >= 15 is 0 Å². The Morgan fingerprint density at radius 3 is 2.45 bits per heavy atom. The molecule has 3 rings (SSSR count). The lowest BCUT2D eigenvalue weighted by Crippen LogP contribution is -2.41. The third-order valence-corrected chi connectivity index (χ3v) is 5.16. The molecule has 0 atom stereocenters. The van der Waals surface area contributed by atoms with Crippen LogP contribution in [0.15, 0.2) is 29.3 Å². The molecule has 1 fully saturated rings. The molecule has 1 aliphatic heterocycles. The summed E-state index contributed by atoms with van der Waals surface area (Å²) < 4.78 is 5.68. The third kappa shape index (κ3) is 6.40. The van der Waals surface area contributed by atoms with Gasteiger partial charge in [-0.2, -0.15) is 0 Å². The molecule has 1 heterocycles. The van der Waals surface area contributed by atoms with E-state index in [-0.39, 0.29) is 35.8 Å². The summed E-state index contributed by atoms with van der Waals surface area (Å²) >= 11 is 0. The van der Waals surface area contributed by atoms with Gasteiger partial charge in [0.2, 0.25) is 0 Å². The zero-order valence-electron chi connectivity index (χ0n) is 17.2. The van der Waals surface area contributed by atoms with Crippen molar-refractivity contribution >= 4 is 41.8 Å². The fraction of sp³-hybridized carbons (Fsp3) is 0.571. The number of carbonyl (C=O) groups excluding carboxylic acids is 2. The van der Waals surface area contributed by atoms with Crippen LogP contribution in [-0.4, -0.2) is 74.5 Å². The SMILES string of the molecule is CN=C(NCCCCN1C(=O)c2ccccc2C1=O)N(C)CCOCC1CC1.I. The van der Waals surface area contributed by atoms with Crippen LogP contribution in [0.1, 0.15) is 46.4 Å². The lowest BCUT2D eigenvalue weighted by molar-refractivity contribution is 0.0652. The van der Waals surface area contributed by atoms with Gasteiger partial charge in [-0.25, -0.2) is 0 Å². The van der Waals surface area contributed by atoms with Crippen molar-refractivity contribution in [3.05, 3.63) is 35.4 Å². The van der Waals surface area contributed by atoms with Crippen molar-refractivity contribution < 1.29 is 14.3 Å². The number of aliphatic imine (C=N–C) groups is 1. The minimum Gasteiger partial charge on any atom is -0.379 e. The van der Waals surface area contributed by atoms with E-state index < -0.39 is 0 Å². The Morgan fingerprint density at radius 2 is 1.86 bits per heavy atom. The van der Waals surface area contributed by atoms with Crippen LogP contribution < -0.4 is 5.32 Å². The van der Waals surface area contributed by atoms with Crippen LogP contribution >= 0.6 is 24.0 Å². The van der Waals surface area contributed by atoms with Gasteiger partial charge < -0.3 is 15.0 Å². The molecular formula is C21H31IN4O3. The van der Waals surface area contributed by atoms with Crippen molar-refractivity contribution in [2.24, 2.45) is 10.9 Å². The first kappa shape index (κ1) is 23.6. The van der Waals surface area contributed by atoms with E-state index in [0.717, 1.165) is 44.4 Å². The van der Waals surface area contributed by atoms with Gasteiger partial charge in [0.25, 0.3) is 11.8 Å². The van der Waals surface area contributed by atoms with E-state index in [1.54, 1.807) is 31.3 Å². The smallest absolute Gasteiger partial charge is 0.261 e. The van der Waals surface area contributed by atoms with Gasteiger partial charge in [-0.15, -0.1) is 24.0 Å². The second-order valence-electron chi connectivity index (χ2n) is 7.43. The number of nitrogens with one attached hydrogen (secondary N) is 1. The Hall–Kier alpha value is -1.68. The third-order valence-electron chi connectivity index (χ3n) is 5.16. The molecule has 0 spiro atoms. The number of rotatable bonds is 10. The molecule has 8 heteroatoms. The summed E-state index contributed by atoms with van der Waals surface area (Å²) in [4.78, 5) is 32.4. The zero-order valence-corrected chi connectivity index (χ0v) is 19.6. The van der Waals surface area contributed by atoms with E-state index in [1.807, 2.05) is 7.05 Å². The van der Waals surface area contributed by atoms with Gasteiger partial charge in [-0.3, -0.25) is 19.5 Å². The van der Waals surface area contributed by atoms with E-state index in [4.69, 9.17) is 4.74 Å². The second-order valence-corrected chi connectivity index (χ2v) is 7.43. The number of unbranched alkanes of at least 4 members (excludes halogenated alkanes) is 1. The van der Waals surface area contributed by atoms with Crippen molar-refractivity contribution in [2.45, 2.75) is 25.7 Å². The van der Waals surface area contributed by atoms with Crippen molar-refractivity contribution in [1.29, 1.82) is 0 Å². The van der Waals surface area contributed by atoms with E-state index in [2.05, 4.69) is 15.2 Å². The summed E-state index contributed by atoms with van der Waals surface area (Å²) in [6, 6.07) is 7.00. The maximum atomic E-state index is 12.3. The van der Waals surface area contributed by atoms with Gasteiger partial charge in [0.15, 0.2) is 5.96 Å². The van der Waals surface area contributed by atoms with Crippen LogP contribution in [0.2, 0.25) is 0 Å². The quantitative estimate of drug-likeness (QED) is 0.171. The number of hydrogen-bond acceptors (Lipinski definition) is 4. The number of amides is 2. The fourth-order valence-electron chi connectivity index (χ4n) is 3.26. The first-order valence-corrected chi connectivity index (χ1v) is 10.1. The molecule has 0 radical (unpaired) electrons. The molecule has 2 amide bonds. The first-order chi connectivity index (χ1) is 13.6. The summed E-state index contributed by atoms with van der Waals surface area (Å²) in [5.74, 6) is 1.24. The van der Waals surface area contributed by atoms with Gasteiger partial charge in [-0.1, -0.05) is 12.1 Å². The molecule has 0 bridgehead atoms. The number of hydrogen-bond donors (Lipinski definition) is 1. The average Bonchev–Trinajstić information content (AvgIpc) is 3.50. The molecule has 0 unspecified atom stereocenters. The number of halogens is 1. The number of guanidine groups is 1. The molecule has 0 aromatic heterocycles. The predicted molar refractivity (Wildman–Crippen MR) is 124 cm³/mol. The summed E-state index contributed by atoms with van der Waals surface area (Å²) in [5.41, 5.74) is 1.02. The summed E-state index contributed by atoms with van der Waals surface area (Å²) in [5, 5.41) is 3.33. The van der Waals surface area contributed by atoms with Crippen molar-refractivity contribution in [3.8, 4) is 0 Å². The molecular weight excluding hydrogens is 483 g/mol. The Morgan fingerprint density at radius 1 is 1.21 bits per heavy atom. The van der Waals surface area contributed by atoms with Crippen LogP contribution in [0.5, 0.6) is 0 Å². The maximum absolute atomic E-state index is 12.3. The fourth-order valence-corrected chi connectivity index (χ4v) is 3.26. The minimum atomic E-state index is -0.185. The molecule has 2 aliphatic rings. The lowest BCUT2D eigenvalue weighted by Gasteiger charge is -2.22. The standard InChI is InChI=1S/C21H30N4O3.HI/c1-22-21(24(2)13-14-28-15-16-9-10-16)23-11-5-6-12-25-19(26)17-7-3-4-8-18(17)20(25)27;/h3-4,7-8,16H,5-6,9-15H2,1-2H3,(H,22,23);1H. The average molecular weight is 514 g/mol. The number of ether oxygens (including phenoxy) is 1. The highest BCUT2D eigenvalue weighted by atomic mass is 127. The zero-order chi connectivity index (χ0) is 19.9. The topological polar surface area (TPSA) is 74.2 Å². The summed E-state index contributed by atoms with van der Waals surface area (Å²) in [7, 11) is 3.76. The molecule has 1 aromatic rings. The molecule has 1 aromatic carbocycles. The van der Waals surface area contributed by atoms with Crippen LogP contribution in [0.3, 0.4) is 0 Å². The van der Waals surface area contributed by atoms with Crippen molar-refractivity contribution in [2.75, 3.05) is 46.9 Å². The van der Waals surface area contributed by atoms with Crippen molar-refractivity contribution in [1.82, 2.24) is 15.1 Å². The van der Waals surface area contributed by atoms with E-state index in [9.17, 15) is 9.59 Å². The first-order valence-electron chi connectivity index (χ1n) is 10.1. The van der Waals surface area contributed by atoms with Crippen LogP contribution in [0, 0.1) is 5.92 Å². The number of nitrogens with zero attached hydrogens (tertiary/aromatic N) is 3. The van der Waals surface area contributed by atoms with E-state index in [0.29, 0.717) is 24.3 Å². The summed E-state index contributed by atoms with van der Waals surface area (Å²) in [6.07, 6.45) is 4.21. The minimum absolute atomic E-state index is 0. The van der Waals surface area contributed by atoms with Gasteiger partial charge in [-0.05, 0) is 43.7 Å². The molecule has 7 nitrogen and oxygen atoms in total. The van der Waals surface area contributed by atoms with Gasteiger partial charge >= 0.3 is 0 Å². The number of fused-ring (bicyclic) bond motifs is 1. The van der Waals surface area contributed by atoms with Crippen LogP contribution in [0.4, 0.5) is 0 Å². The van der Waals surface area contributed by atoms with Crippen LogP contribution in [-0.2, 0) is 4.74 Å². The highest BCUT2D eigenvalue weighted by Gasteiger charge is 2.34. The number of likely N-dealkylation sites (N-methyl/N-ethyl adjacent to an activating group) is 1. The molecule has 160 valence electrons. The molecule has 1 saturated carbocycles. The normalized spacial score (nSPS) is 15.9. The summed E-state index contributed by atoms with van der Waals surface area (Å²) in [6.45, 7) is 3.55. The van der Waals surface area contributed by atoms with Gasteiger partial charge in [0, 0.05) is 40.3 Å². The highest BCUT2D eigenvalue weighted by Crippen LogP contribution is 2.28. The lowest BCUT2D eigenvalue weighted by atomic mass is 10.1. The monoisotopic (exact) mass is 514 g/mol. The number of imide groups is 1.